The van der Waals surface area contributed by atoms with Gasteiger partial charge in [0.25, 0.3) is 0 Å². The highest BCUT2D eigenvalue weighted by Crippen LogP contribution is 2.45. The molecule has 0 fully saturated rings. The molecule has 0 aromatic carbocycles. The van der Waals surface area contributed by atoms with Crippen LogP contribution in [-0.4, -0.2) is 96.7 Å². The highest BCUT2D eigenvalue weighted by atomic mass is 31.2. The van der Waals surface area contributed by atoms with Gasteiger partial charge in [0.15, 0.2) is 12.2 Å². The average molecular weight is 1410 g/mol. The van der Waals surface area contributed by atoms with E-state index in [0.29, 0.717) is 25.7 Å². The molecule has 0 bridgehead atoms. The molecule has 5 atom stereocenters. The molecule has 0 rings (SSSR count). The van der Waals surface area contributed by atoms with E-state index in [-0.39, 0.29) is 25.7 Å². The number of aliphatic hydroxyl groups is 1. The van der Waals surface area contributed by atoms with E-state index in [0.717, 1.165) is 108 Å². The zero-order valence-corrected chi connectivity index (χ0v) is 64.6. The molecule has 0 saturated carbocycles. The number of phosphoric ester groups is 2. The van der Waals surface area contributed by atoms with E-state index in [1.54, 1.807) is 0 Å². The first kappa shape index (κ1) is 94.1. The van der Waals surface area contributed by atoms with Gasteiger partial charge in [0.2, 0.25) is 0 Å². The number of hydrogen-bond acceptors (Lipinski definition) is 15. The zero-order chi connectivity index (χ0) is 70.9. The number of esters is 4. The van der Waals surface area contributed by atoms with Crippen molar-refractivity contribution < 1.29 is 80.2 Å². The smallest absolute Gasteiger partial charge is 0.462 e. The molecule has 570 valence electrons. The van der Waals surface area contributed by atoms with Crippen molar-refractivity contribution in [1.82, 2.24) is 0 Å². The Morgan fingerprint density at radius 3 is 0.708 bits per heavy atom. The van der Waals surface area contributed by atoms with Gasteiger partial charge in [-0.25, -0.2) is 9.13 Å². The van der Waals surface area contributed by atoms with Crippen LogP contribution in [0.3, 0.4) is 0 Å². The maximum atomic E-state index is 13.1. The van der Waals surface area contributed by atoms with E-state index in [9.17, 15) is 43.2 Å². The lowest BCUT2D eigenvalue weighted by Gasteiger charge is -2.21. The van der Waals surface area contributed by atoms with E-state index >= 15 is 0 Å². The second-order valence-electron chi connectivity index (χ2n) is 29.2. The van der Waals surface area contributed by atoms with Crippen molar-refractivity contribution in [2.45, 2.75) is 414 Å². The largest absolute Gasteiger partial charge is 0.472 e. The summed E-state index contributed by atoms with van der Waals surface area (Å²) in [4.78, 5) is 72.8. The van der Waals surface area contributed by atoms with Crippen LogP contribution in [0.4, 0.5) is 0 Å². The van der Waals surface area contributed by atoms with Crippen LogP contribution in [0, 0.1) is 17.8 Å². The quantitative estimate of drug-likeness (QED) is 0.0222. The van der Waals surface area contributed by atoms with Gasteiger partial charge in [-0.3, -0.25) is 37.3 Å². The van der Waals surface area contributed by atoms with Gasteiger partial charge in [-0.1, -0.05) is 344 Å². The van der Waals surface area contributed by atoms with Gasteiger partial charge in [0.1, 0.15) is 19.3 Å². The molecule has 0 saturated heterocycles. The second-order valence-corrected chi connectivity index (χ2v) is 32.1. The number of rotatable bonds is 75. The minimum Gasteiger partial charge on any atom is -0.462 e. The number of hydrogen-bond donors (Lipinski definition) is 3. The Bertz CT molecular complexity index is 1870. The summed E-state index contributed by atoms with van der Waals surface area (Å²) in [6, 6.07) is 0. The van der Waals surface area contributed by atoms with Crippen LogP contribution in [0.5, 0.6) is 0 Å². The molecule has 2 unspecified atom stereocenters. The minimum atomic E-state index is -4.96. The second kappa shape index (κ2) is 67.5. The SMILES string of the molecule is CCCCCCCCCCCCCCCCCCCCCCCCC(=O)O[C@H](COC(=O)CCCCCCCCCCCC(C)C)COP(=O)(O)OC[C@@H](O)COP(=O)(O)OC[C@@H](COC(=O)CCCCCCCCCCC(C)C)OC(=O)CCCCCCCCCCC(C)C. The fraction of sp³-hybridized carbons (Fsp3) is 0.948. The van der Waals surface area contributed by atoms with Crippen LogP contribution in [0.15, 0.2) is 0 Å². The predicted octanol–water partition coefficient (Wildman–Crippen LogP) is 22.6. The molecule has 0 aromatic rings. The third kappa shape index (κ3) is 70.5. The number of unbranched alkanes of at least 4 members (excludes halogenated alkanes) is 43. The average Bonchev–Trinajstić information content (AvgIpc) is 1.10. The van der Waals surface area contributed by atoms with Crippen LogP contribution < -0.4 is 0 Å². The Kier molecular flexibility index (Phi) is 66.2. The van der Waals surface area contributed by atoms with Gasteiger partial charge < -0.3 is 33.8 Å². The van der Waals surface area contributed by atoms with Crippen LogP contribution in [0.2, 0.25) is 0 Å². The lowest BCUT2D eigenvalue weighted by molar-refractivity contribution is -0.161. The summed E-state index contributed by atoms with van der Waals surface area (Å²) in [7, 11) is -9.91. The van der Waals surface area contributed by atoms with Crippen molar-refractivity contribution in [2.75, 3.05) is 39.6 Å². The van der Waals surface area contributed by atoms with E-state index in [1.165, 1.54) is 205 Å². The number of carbonyl (C=O) groups excluding carboxylic acids is 4. The van der Waals surface area contributed by atoms with Crippen LogP contribution >= 0.6 is 15.6 Å². The minimum absolute atomic E-state index is 0.104. The van der Waals surface area contributed by atoms with Crippen molar-refractivity contribution >= 4 is 39.5 Å². The van der Waals surface area contributed by atoms with Gasteiger partial charge in [-0.15, -0.1) is 0 Å². The number of carbonyl (C=O) groups is 4. The van der Waals surface area contributed by atoms with Crippen molar-refractivity contribution in [3.8, 4) is 0 Å². The monoisotopic (exact) mass is 1410 g/mol. The molecule has 0 spiro atoms. The Morgan fingerprint density at radius 2 is 0.479 bits per heavy atom. The van der Waals surface area contributed by atoms with Gasteiger partial charge in [-0.2, -0.15) is 0 Å². The fourth-order valence-electron chi connectivity index (χ4n) is 11.8. The summed E-state index contributed by atoms with van der Waals surface area (Å²) in [6.45, 7) is 11.8. The highest BCUT2D eigenvalue weighted by Gasteiger charge is 2.30. The molecule has 0 aliphatic heterocycles. The van der Waals surface area contributed by atoms with Crippen LogP contribution in [0.25, 0.3) is 0 Å². The summed E-state index contributed by atoms with van der Waals surface area (Å²) < 4.78 is 68.5. The molecule has 17 nitrogen and oxygen atoms in total. The van der Waals surface area contributed by atoms with Gasteiger partial charge in [-0.05, 0) is 43.4 Å². The molecular formula is C77H150O17P2. The van der Waals surface area contributed by atoms with E-state index in [1.807, 2.05) is 0 Å². The molecule has 0 aliphatic rings. The maximum Gasteiger partial charge on any atom is 0.472 e. The lowest BCUT2D eigenvalue weighted by atomic mass is 10.0. The van der Waals surface area contributed by atoms with Crippen molar-refractivity contribution in [3.05, 3.63) is 0 Å². The molecule has 0 heterocycles. The number of phosphoric acid groups is 2. The lowest BCUT2D eigenvalue weighted by Crippen LogP contribution is -2.30. The van der Waals surface area contributed by atoms with Crippen molar-refractivity contribution in [2.24, 2.45) is 17.8 Å². The topological polar surface area (TPSA) is 237 Å². The normalized spacial score (nSPS) is 14.1. The van der Waals surface area contributed by atoms with Crippen molar-refractivity contribution in [1.29, 1.82) is 0 Å². The molecule has 0 radical (unpaired) electrons. The number of aliphatic hydroxyl groups excluding tert-OH is 1. The first-order chi connectivity index (χ1) is 46.2. The molecular weight excluding hydrogens is 1260 g/mol. The zero-order valence-electron chi connectivity index (χ0n) is 62.8. The molecule has 3 N–H and O–H groups in total. The third-order valence-electron chi connectivity index (χ3n) is 17.9. The summed E-state index contributed by atoms with van der Waals surface area (Å²) in [6.07, 6.45) is 54.4. The summed E-state index contributed by atoms with van der Waals surface area (Å²) in [5.74, 6) is 0.0665. The summed E-state index contributed by atoms with van der Waals surface area (Å²) in [5.41, 5.74) is 0. The van der Waals surface area contributed by atoms with Gasteiger partial charge in [0.05, 0.1) is 26.4 Å². The Labute approximate surface area is 588 Å². The highest BCUT2D eigenvalue weighted by molar-refractivity contribution is 7.47. The van der Waals surface area contributed by atoms with Gasteiger partial charge >= 0.3 is 39.5 Å². The molecule has 0 aromatic heterocycles. The van der Waals surface area contributed by atoms with E-state index in [4.69, 9.17) is 37.0 Å². The molecule has 0 aliphatic carbocycles. The third-order valence-corrected chi connectivity index (χ3v) is 19.8. The van der Waals surface area contributed by atoms with Gasteiger partial charge in [0, 0.05) is 25.7 Å². The molecule has 19 heteroatoms. The van der Waals surface area contributed by atoms with E-state index in [2.05, 4.69) is 48.5 Å². The standard InChI is InChI=1S/C77H150O17P2/c1-8-9-10-11-12-13-14-15-16-17-18-19-20-21-22-23-24-25-28-39-46-53-60-76(81)93-72(64-87-74(79)58-51-44-37-29-26-27-34-41-48-55-68(2)3)66-91-95(83,84)89-62-71(78)63-90-96(85,86)92-67-73(94-77(82)61-54-47-40-33-31-36-43-50-57-70(6)7)65-88-75(80)59-52-45-38-32-30-35-42-49-56-69(4)5/h68-73,78H,8-67H2,1-7H3,(H,83,84)(H,85,86)/t71-,72-,73-/m1/s1. The molecule has 0 amide bonds. The summed E-state index contributed by atoms with van der Waals surface area (Å²) >= 11 is 0. The first-order valence-electron chi connectivity index (χ1n) is 39.8. The fourth-order valence-corrected chi connectivity index (χ4v) is 13.4. The Hall–Kier alpha value is -1.94. The van der Waals surface area contributed by atoms with E-state index < -0.39 is 97.5 Å². The van der Waals surface area contributed by atoms with Crippen LogP contribution in [-0.2, 0) is 65.4 Å². The Morgan fingerprint density at radius 1 is 0.281 bits per heavy atom. The molecule has 96 heavy (non-hydrogen) atoms. The van der Waals surface area contributed by atoms with Crippen LogP contribution in [0.1, 0.15) is 395 Å². The number of ether oxygens (including phenoxy) is 4. The van der Waals surface area contributed by atoms with Crippen molar-refractivity contribution in [3.63, 3.8) is 0 Å². The summed E-state index contributed by atoms with van der Waals surface area (Å²) in [5, 5.41) is 10.6. The predicted molar refractivity (Wildman–Crippen MR) is 391 cm³/mol. The maximum absolute atomic E-state index is 13.1. The Balaban J connectivity index is 5.18. The first-order valence-corrected chi connectivity index (χ1v) is 42.8.